The van der Waals surface area contributed by atoms with Crippen LogP contribution in [0.5, 0.6) is 0 Å². The molecule has 36 heavy (non-hydrogen) atoms. The van der Waals surface area contributed by atoms with Crippen LogP contribution in [-0.4, -0.2) is 35.2 Å². The van der Waals surface area contributed by atoms with E-state index in [0.29, 0.717) is 20.1 Å². The summed E-state index contributed by atoms with van der Waals surface area (Å²) in [5, 5.41) is 1.30. The highest BCUT2D eigenvalue weighted by Gasteiger charge is 2.50. The molecular formula is C24H18Cl4N2O6. The molecule has 2 atom stereocenters. The largest absolute Gasteiger partial charge is 0.428 e. The van der Waals surface area contributed by atoms with E-state index in [2.05, 4.69) is 13.2 Å². The van der Waals surface area contributed by atoms with E-state index < -0.39 is 35.2 Å². The van der Waals surface area contributed by atoms with Crippen LogP contribution in [0.15, 0.2) is 61.7 Å². The second-order valence-electron chi connectivity index (χ2n) is 7.89. The Morgan fingerprint density at radius 1 is 0.639 bits per heavy atom. The Kier molecular flexibility index (Phi) is 7.76. The summed E-state index contributed by atoms with van der Waals surface area (Å²) in [6.45, 7) is 9.90. The van der Waals surface area contributed by atoms with Gasteiger partial charge in [0.05, 0.1) is 11.4 Å². The highest BCUT2D eigenvalue weighted by atomic mass is 35.5. The molecule has 2 fully saturated rings. The molecule has 2 aromatic rings. The van der Waals surface area contributed by atoms with Crippen LogP contribution >= 0.6 is 46.4 Å². The van der Waals surface area contributed by atoms with Crippen molar-refractivity contribution >= 4 is 81.8 Å². The molecule has 0 saturated carbocycles. The monoisotopic (exact) mass is 570 g/mol. The average molecular weight is 572 g/mol. The van der Waals surface area contributed by atoms with E-state index in [9.17, 15) is 19.2 Å². The number of halogens is 4. The molecule has 2 saturated heterocycles. The van der Waals surface area contributed by atoms with Crippen molar-refractivity contribution in [2.75, 3.05) is 9.80 Å². The fourth-order valence-electron chi connectivity index (χ4n) is 3.19. The fourth-order valence-corrected chi connectivity index (χ4v) is 4.22. The summed E-state index contributed by atoms with van der Waals surface area (Å²) >= 11 is 23.3. The van der Waals surface area contributed by atoms with Gasteiger partial charge in [-0.3, -0.25) is 9.59 Å². The molecule has 4 amide bonds. The number of cyclic esters (lactones) is 2. The summed E-state index contributed by atoms with van der Waals surface area (Å²) in [5.41, 5.74) is -2.17. The minimum absolute atomic E-state index is 0.271. The number of hydrogen-bond acceptors (Lipinski definition) is 6. The first-order chi connectivity index (χ1) is 16.7. The predicted octanol–water partition coefficient (Wildman–Crippen LogP) is 6.84. The Morgan fingerprint density at radius 3 is 1.14 bits per heavy atom. The molecule has 0 radical (unpaired) electrons. The zero-order valence-electron chi connectivity index (χ0n) is 18.9. The van der Waals surface area contributed by atoms with E-state index in [1.165, 1.54) is 62.4 Å². The lowest BCUT2D eigenvalue weighted by Crippen LogP contribution is -2.37. The average Bonchev–Trinajstić information content (AvgIpc) is 3.15. The fraction of sp³-hybridized carbons (Fsp3) is 0.167. The van der Waals surface area contributed by atoms with Crippen LogP contribution < -0.4 is 9.80 Å². The minimum atomic E-state index is -1.36. The number of nitrogens with zero attached hydrogens (tertiary/aromatic N) is 2. The molecule has 2 heterocycles. The van der Waals surface area contributed by atoms with Gasteiger partial charge in [0.1, 0.15) is 0 Å². The van der Waals surface area contributed by atoms with E-state index in [1.807, 2.05) is 0 Å². The van der Waals surface area contributed by atoms with E-state index >= 15 is 0 Å². The predicted molar refractivity (Wildman–Crippen MR) is 138 cm³/mol. The number of hydrogen-bond donors (Lipinski definition) is 0. The number of ether oxygens (including phenoxy) is 2. The quantitative estimate of drug-likeness (QED) is 0.373. The molecule has 2 aromatic carbocycles. The van der Waals surface area contributed by atoms with Gasteiger partial charge < -0.3 is 9.47 Å². The summed E-state index contributed by atoms with van der Waals surface area (Å²) in [5.74, 6) is -1.05. The van der Waals surface area contributed by atoms with Gasteiger partial charge in [0.25, 0.3) is 11.8 Å². The number of rotatable bonds is 4. The standard InChI is InChI=1S/2C12H9Cl2NO3/c2*1-3-12(2)10(16)15(11(17)18-12)9-5-7(13)4-8(14)6-9/h2*3-6H,1H2,2H3. The second kappa shape index (κ2) is 10.1. The van der Waals surface area contributed by atoms with Crippen molar-refractivity contribution in [1.82, 2.24) is 0 Å². The lowest BCUT2D eigenvalue weighted by atomic mass is 10.1. The lowest BCUT2D eigenvalue weighted by Gasteiger charge is -2.15. The molecule has 0 bridgehead atoms. The van der Waals surface area contributed by atoms with Crippen molar-refractivity contribution in [3.05, 3.63) is 81.8 Å². The van der Waals surface area contributed by atoms with Crippen LogP contribution in [0.25, 0.3) is 0 Å². The van der Waals surface area contributed by atoms with Crippen LogP contribution in [0.1, 0.15) is 13.8 Å². The Hall–Kier alpha value is -3.04. The Balaban J connectivity index is 0.000000201. The van der Waals surface area contributed by atoms with Gasteiger partial charge in [-0.2, -0.15) is 0 Å². The van der Waals surface area contributed by atoms with Gasteiger partial charge in [-0.05, 0) is 62.4 Å². The van der Waals surface area contributed by atoms with E-state index in [1.54, 1.807) is 0 Å². The Morgan fingerprint density at radius 2 is 0.917 bits per heavy atom. The molecule has 12 heteroatoms. The van der Waals surface area contributed by atoms with Crippen LogP contribution in [-0.2, 0) is 19.1 Å². The normalized spacial score (nSPS) is 23.2. The van der Waals surface area contributed by atoms with Crippen molar-refractivity contribution in [2.24, 2.45) is 0 Å². The molecule has 0 spiro atoms. The number of anilines is 2. The van der Waals surface area contributed by atoms with Crippen LogP contribution in [0.4, 0.5) is 21.0 Å². The third-order valence-electron chi connectivity index (χ3n) is 5.21. The van der Waals surface area contributed by atoms with Crippen LogP contribution in [0.3, 0.4) is 0 Å². The number of carbonyl (C=O) groups excluding carboxylic acids is 4. The summed E-state index contributed by atoms with van der Waals surface area (Å²) in [6.07, 6.45) is 1.00. The third kappa shape index (κ3) is 5.22. The zero-order valence-corrected chi connectivity index (χ0v) is 21.9. The van der Waals surface area contributed by atoms with E-state index in [-0.39, 0.29) is 11.4 Å². The van der Waals surface area contributed by atoms with Crippen molar-refractivity contribution in [1.29, 1.82) is 0 Å². The maximum absolute atomic E-state index is 12.1. The minimum Gasteiger partial charge on any atom is -0.428 e. The van der Waals surface area contributed by atoms with Crippen molar-refractivity contribution < 1.29 is 28.7 Å². The molecule has 8 nitrogen and oxygen atoms in total. The molecule has 2 aliphatic heterocycles. The summed E-state index contributed by atoms with van der Waals surface area (Å²) in [4.78, 5) is 49.5. The van der Waals surface area contributed by atoms with Crippen molar-refractivity contribution in [2.45, 2.75) is 25.0 Å². The second-order valence-corrected chi connectivity index (χ2v) is 9.64. The van der Waals surface area contributed by atoms with Crippen molar-refractivity contribution in [3.63, 3.8) is 0 Å². The van der Waals surface area contributed by atoms with Gasteiger partial charge in [-0.1, -0.05) is 59.6 Å². The first-order valence-electron chi connectivity index (χ1n) is 10.1. The molecule has 0 aliphatic carbocycles. The first-order valence-corrected chi connectivity index (χ1v) is 11.6. The number of imide groups is 2. The van der Waals surface area contributed by atoms with Gasteiger partial charge in [-0.25, -0.2) is 19.4 Å². The highest BCUT2D eigenvalue weighted by Crippen LogP contribution is 2.34. The lowest BCUT2D eigenvalue weighted by molar-refractivity contribution is -0.125. The summed E-state index contributed by atoms with van der Waals surface area (Å²) in [6, 6.07) is 8.85. The first kappa shape index (κ1) is 27.5. The molecule has 2 unspecified atom stereocenters. The molecule has 0 aromatic heterocycles. The zero-order chi connectivity index (χ0) is 27.0. The van der Waals surface area contributed by atoms with Gasteiger partial charge in [0.15, 0.2) is 0 Å². The molecule has 0 N–H and O–H groups in total. The summed E-state index contributed by atoms with van der Waals surface area (Å²) in [7, 11) is 0. The number of carbonyl (C=O) groups is 4. The molecule has 2 aliphatic rings. The van der Waals surface area contributed by atoms with Gasteiger partial charge in [-0.15, -0.1) is 0 Å². The third-order valence-corrected chi connectivity index (χ3v) is 6.08. The molecular weight excluding hydrogens is 554 g/mol. The van der Waals surface area contributed by atoms with Crippen LogP contribution in [0.2, 0.25) is 20.1 Å². The summed E-state index contributed by atoms with van der Waals surface area (Å²) < 4.78 is 9.98. The van der Waals surface area contributed by atoms with Crippen LogP contribution in [0, 0.1) is 0 Å². The van der Waals surface area contributed by atoms with E-state index in [0.717, 1.165) is 9.80 Å². The molecule has 4 rings (SSSR count). The Labute approximate surface area is 226 Å². The Bertz CT molecular complexity index is 1180. The van der Waals surface area contributed by atoms with Gasteiger partial charge in [0, 0.05) is 20.1 Å². The van der Waals surface area contributed by atoms with Gasteiger partial charge in [0.2, 0.25) is 11.2 Å². The maximum atomic E-state index is 12.1. The maximum Gasteiger partial charge on any atom is 0.422 e. The van der Waals surface area contributed by atoms with Gasteiger partial charge >= 0.3 is 12.2 Å². The number of amides is 4. The number of benzene rings is 2. The van der Waals surface area contributed by atoms with E-state index in [4.69, 9.17) is 55.9 Å². The SMILES string of the molecule is C=CC1(C)OC(=O)N(c2cc(Cl)cc(Cl)c2)C1=O.C=CC1(C)OC(=O)N(c2cc(Cl)cc(Cl)c2)C1=O. The molecule has 188 valence electrons. The smallest absolute Gasteiger partial charge is 0.422 e. The topological polar surface area (TPSA) is 93.2 Å². The highest BCUT2D eigenvalue weighted by molar-refractivity contribution is 6.36. The van der Waals surface area contributed by atoms with Crippen molar-refractivity contribution in [3.8, 4) is 0 Å².